The number of hydrogen-bond donors (Lipinski definition) is 1. The highest BCUT2D eigenvalue weighted by Gasteiger charge is 2.47. The van der Waals surface area contributed by atoms with Crippen molar-refractivity contribution in [3.63, 3.8) is 0 Å². The van der Waals surface area contributed by atoms with E-state index in [-0.39, 0.29) is 6.07 Å². The van der Waals surface area contributed by atoms with Gasteiger partial charge in [-0.1, -0.05) is 17.7 Å². The van der Waals surface area contributed by atoms with Crippen molar-refractivity contribution < 1.29 is 60.9 Å². The van der Waals surface area contributed by atoms with Crippen LogP contribution in [0.3, 0.4) is 0 Å². The number of methoxy groups -OCH3 is 2. The molecule has 2 heterocycles. The van der Waals surface area contributed by atoms with E-state index in [4.69, 9.17) is 13.0 Å². The quantitative estimate of drug-likeness (QED) is 0.363. The van der Waals surface area contributed by atoms with E-state index >= 15 is 0 Å². The predicted molar refractivity (Wildman–Crippen MR) is 133 cm³/mol. The number of aromatic nitrogens is 2. The lowest BCUT2D eigenvalue weighted by Gasteiger charge is -2.35. The van der Waals surface area contributed by atoms with Crippen molar-refractivity contribution in [1.29, 1.82) is 0 Å². The number of benzene rings is 1. The van der Waals surface area contributed by atoms with Crippen LogP contribution in [0.5, 0.6) is 5.88 Å². The second kappa shape index (κ2) is 10.5. The van der Waals surface area contributed by atoms with Gasteiger partial charge in [0, 0.05) is 31.4 Å². The van der Waals surface area contributed by atoms with E-state index in [1.165, 1.54) is 12.1 Å². The van der Waals surface area contributed by atoms with Crippen LogP contribution in [-0.2, 0) is 43.8 Å². The van der Waals surface area contributed by atoms with Gasteiger partial charge in [-0.2, -0.15) is 13.2 Å². The van der Waals surface area contributed by atoms with Crippen LogP contribution in [0.15, 0.2) is 46.3 Å². The number of alkyl halides is 5. The molecule has 4 rings (SSSR count). The summed E-state index contributed by atoms with van der Waals surface area (Å²) in [6.07, 6.45) is -11.2. The molecule has 9 nitrogen and oxygen atoms in total. The van der Waals surface area contributed by atoms with Gasteiger partial charge in [-0.3, -0.25) is 4.72 Å². The minimum atomic E-state index is -5.47. The van der Waals surface area contributed by atoms with Crippen LogP contribution in [0.2, 0.25) is 0 Å². The van der Waals surface area contributed by atoms with E-state index in [1.54, 1.807) is 11.6 Å². The van der Waals surface area contributed by atoms with Gasteiger partial charge in [0.1, 0.15) is 16.2 Å². The summed E-state index contributed by atoms with van der Waals surface area (Å²) in [4.78, 5) is 1.40. The molecule has 41 heavy (non-hydrogen) atoms. The smallest absolute Gasteiger partial charge is 0.436 e. The molecule has 1 aliphatic rings. The molecule has 0 saturated carbocycles. The molecule has 0 amide bonds. The van der Waals surface area contributed by atoms with Gasteiger partial charge in [0.25, 0.3) is 26.5 Å². The topological polar surface area (TPSA) is 117 Å². The van der Waals surface area contributed by atoms with Gasteiger partial charge >= 0.3 is 6.18 Å². The standard InChI is InChI=1S/C24H23F6N3O6S2/c1-13-4-6-14(7-5-13)41(36,37)33-12-19(15-8-9-23(39-3,22(26)27)11-18(15)33)40(34,35)32-17-10-16(25)20(24(28,29)30)31-21(17)38-2/h4-7,10,12,22,32H,8-9,11H2,1-3H3/t23-/m0/s1/i2D3,3D3. The number of sulfonamides is 1. The largest absolute Gasteiger partial charge is 0.479 e. The van der Waals surface area contributed by atoms with Crippen LogP contribution in [0, 0.1) is 12.7 Å². The van der Waals surface area contributed by atoms with Crippen molar-refractivity contribution in [2.45, 2.75) is 54.2 Å². The second-order valence-electron chi connectivity index (χ2n) is 9.05. The third kappa shape index (κ3) is 5.49. The zero-order valence-corrected chi connectivity index (χ0v) is 22.2. The second-order valence-corrected chi connectivity index (χ2v) is 12.5. The lowest BCUT2D eigenvalue weighted by molar-refractivity contribution is -0.143. The fourth-order valence-electron chi connectivity index (χ4n) is 4.31. The minimum Gasteiger partial charge on any atom is -0.479 e. The van der Waals surface area contributed by atoms with Crippen LogP contribution >= 0.6 is 0 Å². The number of ether oxygens (including phenoxy) is 2. The Bertz CT molecular complexity index is 1900. The Balaban J connectivity index is 1.93. The average molecular weight is 634 g/mol. The summed E-state index contributed by atoms with van der Waals surface area (Å²) in [7, 11) is -17.0. The molecule has 0 unspecified atom stereocenters. The maximum absolute atomic E-state index is 14.5. The van der Waals surface area contributed by atoms with Crippen LogP contribution in [0.25, 0.3) is 0 Å². The maximum Gasteiger partial charge on any atom is 0.436 e. The molecular weight excluding hydrogens is 604 g/mol. The van der Waals surface area contributed by atoms with Gasteiger partial charge in [0.15, 0.2) is 11.5 Å². The molecule has 1 aromatic carbocycles. The molecule has 3 aromatic rings. The Kier molecular flexibility index (Phi) is 5.96. The lowest BCUT2D eigenvalue weighted by atomic mass is 9.84. The first-order valence-electron chi connectivity index (χ1n) is 14.3. The average Bonchev–Trinajstić information content (AvgIpc) is 3.28. The van der Waals surface area contributed by atoms with Crippen LogP contribution in [0.4, 0.5) is 32.0 Å². The third-order valence-electron chi connectivity index (χ3n) is 6.43. The van der Waals surface area contributed by atoms with Crippen LogP contribution < -0.4 is 9.46 Å². The first kappa shape index (κ1) is 23.3. The number of aryl methyl sites for hydroxylation is 1. The number of fused-ring (bicyclic) bond motifs is 1. The number of nitrogens with one attached hydrogen (secondary N) is 1. The van der Waals surface area contributed by atoms with Crippen molar-refractivity contribution in [1.82, 2.24) is 8.96 Å². The summed E-state index contributed by atoms with van der Waals surface area (Å²) < 4.78 is 193. The fraction of sp³-hybridized carbons (Fsp3) is 0.375. The maximum atomic E-state index is 14.5. The van der Waals surface area contributed by atoms with E-state index in [0.717, 1.165) is 12.1 Å². The van der Waals surface area contributed by atoms with Crippen molar-refractivity contribution in [3.05, 3.63) is 64.9 Å². The number of nitrogens with zero attached hydrogens (tertiary/aromatic N) is 2. The SMILES string of the molecule is [2H]C([2H])([2H])Oc1nc(C(F)(F)F)c(F)cc1NS(=O)(=O)c1cn(S(=O)(=O)c2ccc(C)cc2)c2c1CC[C@@](OC([2H])([2H])[2H])(C(F)F)C2. The number of rotatable bonds is 8. The van der Waals surface area contributed by atoms with E-state index in [9.17, 15) is 43.2 Å². The molecule has 1 aliphatic carbocycles. The zero-order chi connectivity index (χ0) is 35.5. The first-order valence-corrected chi connectivity index (χ1v) is 14.2. The molecule has 0 aliphatic heterocycles. The molecule has 17 heteroatoms. The van der Waals surface area contributed by atoms with E-state index in [2.05, 4.69) is 9.72 Å². The van der Waals surface area contributed by atoms with Crippen LogP contribution in [0.1, 0.15) is 37.2 Å². The molecule has 2 aromatic heterocycles. The minimum absolute atomic E-state index is 0.0626. The molecule has 0 saturated heterocycles. The highest BCUT2D eigenvalue weighted by atomic mass is 32.2. The Labute approximate surface area is 239 Å². The highest BCUT2D eigenvalue weighted by molar-refractivity contribution is 7.93. The van der Waals surface area contributed by atoms with Gasteiger partial charge in [0.05, 0.1) is 20.2 Å². The molecule has 0 bridgehead atoms. The molecule has 0 spiro atoms. The summed E-state index contributed by atoms with van der Waals surface area (Å²) in [5, 5.41) is 0. The van der Waals surface area contributed by atoms with Gasteiger partial charge in [0.2, 0.25) is 5.88 Å². The monoisotopic (exact) mass is 633 g/mol. The zero-order valence-electron chi connectivity index (χ0n) is 26.6. The van der Waals surface area contributed by atoms with Crippen molar-refractivity contribution in [3.8, 4) is 5.88 Å². The third-order valence-corrected chi connectivity index (χ3v) is 9.56. The number of hydrogen-bond acceptors (Lipinski definition) is 7. The summed E-state index contributed by atoms with van der Waals surface area (Å²) in [5.74, 6) is -3.66. The van der Waals surface area contributed by atoms with Gasteiger partial charge in [-0.25, -0.2) is 39.0 Å². The molecular formula is C24H23F6N3O6S2. The Morgan fingerprint density at radius 1 is 1.15 bits per heavy atom. The summed E-state index contributed by atoms with van der Waals surface area (Å²) in [5.41, 5.74) is -6.74. The summed E-state index contributed by atoms with van der Waals surface area (Å²) >= 11 is 0. The molecule has 1 atom stereocenters. The molecule has 0 fully saturated rings. The number of pyridine rings is 1. The first-order chi connectivity index (χ1) is 21.3. The van der Waals surface area contributed by atoms with E-state index in [0.29, 0.717) is 15.7 Å². The van der Waals surface area contributed by atoms with Gasteiger partial charge in [-0.15, -0.1) is 0 Å². The summed E-state index contributed by atoms with van der Waals surface area (Å²) in [6.45, 7) is 1.62. The highest BCUT2D eigenvalue weighted by Crippen LogP contribution is 2.41. The normalized spacial score (nSPS) is 20.7. The fourth-order valence-corrected chi connectivity index (χ4v) is 7.12. The summed E-state index contributed by atoms with van der Waals surface area (Å²) in [6, 6.07) is 4.94. The van der Waals surface area contributed by atoms with E-state index < -0.39 is 116 Å². The van der Waals surface area contributed by atoms with Crippen molar-refractivity contribution >= 4 is 25.7 Å². The lowest BCUT2D eigenvalue weighted by Crippen LogP contribution is -2.45. The molecule has 0 radical (unpaired) electrons. The Hall–Kier alpha value is -3.31. The Morgan fingerprint density at radius 2 is 1.83 bits per heavy atom. The van der Waals surface area contributed by atoms with Gasteiger partial charge in [-0.05, 0) is 37.5 Å². The van der Waals surface area contributed by atoms with Gasteiger partial charge < -0.3 is 9.47 Å². The van der Waals surface area contributed by atoms with E-state index in [1.807, 2.05) is 0 Å². The Morgan fingerprint density at radius 3 is 2.41 bits per heavy atom. The molecule has 1 N–H and O–H groups in total. The number of halogens is 6. The molecule has 224 valence electrons. The van der Waals surface area contributed by atoms with Crippen molar-refractivity contribution in [2.24, 2.45) is 0 Å². The van der Waals surface area contributed by atoms with Crippen molar-refractivity contribution in [2.75, 3.05) is 18.8 Å². The van der Waals surface area contributed by atoms with Crippen LogP contribution in [-0.4, -0.2) is 51.9 Å². The predicted octanol–water partition coefficient (Wildman–Crippen LogP) is 4.53. The number of anilines is 1.